The molecule has 1 fully saturated rings. The van der Waals surface area contributed by atoms with E-state index in [-0.39, 0.29) is 11.0 Å². The molecule has 1 saturated carbocycles. The van der Waals surface area contributed by atoms with Crippen molar-refractivity contribution >= 4 is 16.0 Å². The molecule has 116 valence electrons. The average Bonchev–Trinajstić information content (AvgIpc) is 2.46. The van der Waals surface area contributed by atoms with Crippen molar-refractivity contribution in [2.75, 3.05) is 0 Å². The maximum Gasteiger partial charge on any atom is 0.338 e. The topological polar surface area (TPSA) is 86.5 Å². The predicted octanol–water partition coefficient (Wildman–Crippen LogP) is 2.39. The van der Waals surface area contributed by atoms with Crippen LogP contribution in [0.3, 0.4) is 0 Å². The minimum atomic E-state index is -3.82. The molecule has 1 aliphatic rings. The van der Waals surface area contributed by atoms with E-state index in [4.69, 9.17) is 9.88 Å². The Hall–Kier alpha value is -1.40. The Labute approximate surface area is 125 Å². The molecule has 0 amide bonds. The molecule has 0 saturated heterocycles. The molecule has 1 aromatic rings. The molecule has 2 N–H and O–H groups in total. The highest BCUT2D eigenvalue weighted by atomic mass is 32.2. The molecule has 0 aromatic heterocycles. The van der Waals surface area contributed by atoms with Gasteiger partial charge in [-0.05, 0) is 49.8 Å². The van der Waals surface area contributed by atoms with Crippen LogP contribution in [0.4, 0.5) is 0 Å². The summed E-state index contributed by atoms with van der Waals surface area (Å²) in [6, 6.07) is 4.36. The number of hydrogen-bond acceptors (Lipinski definition) is 4. The van der Waals surface area contributed by atoms with Crippen molar-refractivity contribution in [3.63, 3.8) is 0 Å². The molecule has 2 rings (SSSR count). The molecule has 6 heteroatoms. The van der Waals surface area contributed by atoms with Crippen LogP contribution >= 0.6 is 0 Å². The van der Waals surface area contributed by atoms with Crippen molar-refractivity contribution in [3.05, 3.63) is 29.3 Å². The van der Waals surface area contributed by atoms with E-state index in [2.05, 4.69) is 0 Å². The van der Waals surface area contributed by atoms with Crippen molar-refractivity contribution < 1.29 is 17.9 Å². The summed E-state index contributed by atoms with van der Waals surface area (Å²) in [5.41, 5.74) is 1.07. The van der Waals surface area contributed by atoms with Crippen LogP contribution in [-0.4, -0.2) is 20.5 Å². The lowest BCUT2D eigenvalue weighted by Crippen LogP contribution is -2.22. The molecule has 0 aliphatic heterocycles. The highest BCUT2D eigenvalue weighted by Gasteiger charge is 2.22. The Balaban J connectivity index is 2.25. The van der Waals surface area contributed by atoms with Crippen molar-refractivity contribution in [2.45, 2.75) is 56.4 Å². The Bertz CT molecular complexity index is 619. The van der Waals surface area contributed by atoms with Gasteiger partial charge in [-0.25, -0.2) is 18.4 Å². The fourth-order valence-corrected chi connectivity index (χ4v) is 3.17. The molecule has 0 spiro atoms. The molecule has 1 aliphatic carbocycles. The Morgan fingerprint density at radius 1 is 1.29 bits per heavy atom. The molecule has 0 bridgehead atoms. The van der Waals surface area contributed by atoms with E-state index in [1.165, 1.54) is 18.6 Å². The number of sulfonamides is 1. The van der Waals surface area contributed by atoms with Gasteiger partial charge in [-0.1, -0.05) is 19.4 Å². The quantitative estimate of drug-likeness (QED) is 0.865. The first-order valence-electron chi connectivity index (χ1n) is 7.28. The van der Waals surface area contributed by atoms with E-state index in [0.29, 0.717) is 12.0 Å². The van der Waals surface area contributed by atoms with E-state index in [9.17, 15) is 13.2 Å². The van der Waals surface area contributed by atoms with Gasteiger partial charge in [0.05, 0.1) is 10.5 Å². The van der Waals surface area contributed by atoms with Crippen LogP contribution in [0.2, 0.25) is 0 Å². The summed E-state index contributed by atoms with van der Waals surface area (Å²) in [4.78, 5) is 12.3. The molecule has 21 heavy (non-hydrogen) atoms. The Morgan fingerprint density at radius 3 is 2.52 bits per heavy atom. The average molecular weight is 311 g/mol. The predicted molar refractivity (Wildman–Crippen MR) is 79.5 cm³/mol. The summed E-state index contributed by atoms with van der Waals surface area (Å²) in [6.07, 6.45) is 5.62. The second kappa shape index (κ2) is 6.58. The number of hydrogen-bond donors (Lipinski definition) is 1. The number of carbonyl (C=O) groups is 1. The molecule has 5 nitrogen and oxygen atoms in total. The molecule has 0 unspecified atom stereocenters. The summed E-state index contributed by atoms with van der Waals surface area (Å²) in [5.74, 6) is -0.454. The normalized spacial score (nSPS) is 16.7. The number of nitrogens with two attached hydrogens (primary N) is 1. The fourth-order valence-electron chi connectivity index (χ4n) is 2.63. The van der Waals surface area contributed by atoms with E-state index in [1.54, 1.807) is 6.07 Å². The first-order valence-corrected chi connectivity index (χ1v) is 8.83. The van der Waals surface area contributed by atoms with Gasteiger partial charge in [0.25, 0.3) is 0 Å². The van der Waals surface area contributed by atoms with Gasteiger partial charge < -0.3 is 4.74 Å². The van der Waals surface area contributed by atoms with Crippen LogP contribution in [0.15, 0.2) is 23.1 Å². The first kappa shape index (κ1) is 16.0. The van der Waals surface area contributed by atoms with Gasteiger partial charge in [-0.3, -0.25) is 0 Å². The number of rotatable bonds is 4. The zero-order valence-electron chi connectivity index (χ0n) is 12.2. The van der Waals surface area contributed by atoms with Crippen LogP contribution in [0.5, 0.6) is 0 Å². The molecular formula is C15H21NO4S. The maximum absolute atomic E-state index is 12.3. The number of primary sulfonamides is 1. The monoisotopic (exact) mass is 311 g/mol. The maximum atomic E-state index is 12.3. The smallest absolute Gasteiger partial charge is 0.338 e. The standard InChI is InChI=1S/C15H21NO4S/c1-2-11-8-9-13(21(16,18)19)10-14(11)15(17)20-12-6-4-3-5-7-12/h8-10,12H,2-7H2,1H3,(H2,16,18,19). The van der Waals surface area contributed by atoms with E-state index in [1.807, 2.05) is 6.92 Å². The van der Waals surface area contributed by atoms with E-state index >= 15 is 0 Å². The number of carbonyl (C=O) groups excluding carboxylic acids is 1. The van der Waals surface area contributed by atoms with Crippen LogP contribution < -0.4 is 5.14 Å². The highest BCUT2D eigenvalue weighted by molar-refractivity contribution is 7.89. The SMILES string of the molecule is CCc1ccc(S(N)(=O)=O)cc1C(=O)OC1CCCCC1. The van der Waals surface area contributed by atoms with Gasteiger partial charge in [-0.15, -0.1) is 0 Å². The minimum Gasteiger partial charge on any atom is -0.459 e. The minimum absolute atomic E-state index is 0.0599. The van der Waals surface area contributed by atoms with Gasteiger partial charge in [0.15, 0.2) is 0 Å². The van der Waals surface area contributed by atoms with Gasteiger partial charge in [0.1, 0.15) is 6.10 Å². The van der Waals surface area contributed by atoms with Crippen LogP contribution in [0.25, 0.3) is 0 Å². The van der Waals surface area contributed by atoms with E-state index < -0.39 is 16.0 Å². The molecule has 0 atom stereocenters. The number of esters is 1. The zero-order chi connectivity index (χ0) is 15.5. The number of ether oxygens (including phenoxy) is 1. The van der Waals surface area contributed by atoms with Gasteiger partial charge in [0, 0.05) is 0 Å². The summed E-state index contributed by atoms with van der Waals surface area (Å²) in [6.45, 7) is 1.91. The van der Waals surface area contributed by atoms with Crippen LogP contribution in [0.1, 0.15) is 54.9 Å². The van der Waals surface area contributed by atoms with Crippen LogP contribution in [0, 0.1) is 0 Å². The summed E-state index contributed by atoms with van der Waals surface area (Å²) >= 11 is 0. The summed E-state index contributed by atoms with van der Waals surface area (Å²) in [5, 5.41) is 5.12. The lowest BCUT2D eigenvalue weighted by atomic mass is 9.97. The van der Waals surface area contributed by atoms with Gasteiger partial charge in [0.2, 0.25) is 10.0 Å². The summed E-state index contributed by atoms with van der Waals surface area (Å²) in [7, 11) is -3.82. The fraction of sp³-hybridized carbons (Fsp3) is 0.533. The second-order valence-corrected chi connectivity index (χ2v) is 6.94. The van der Waals surface area contributed by atoms with Crippen molar-refractivity contribution in [1.29, 1.82) is 0 Å². The zero-order valence-corrected chi connectivity index (χ0v) is 13.0. The molecule has 1 aromatic carbocycles. The van der Waals surface area contributed by atoms with Crippen molar-refractivity contribution in [3.8, 4) is 0 Å². The third-order valence-electron chi connectivity index (χ3n) is 3.84. The number of benzene rings is 1. The lowest BCUT2D eigenvalue weighted by Gasteiger charge is -2.22. The lowest BCUT2D eigenvalue weighted by molar-refractivity contribution is 0.0209. The third kappa shape index (κ3) is 4.04. The van der Waals surface area contributed by atoms with Gasteiger partial charge >= 0.3 is 5.97 Å². The summed E-state index contributed by atoms with van der Waals surface area (Å²) < 4.78 is 28.4. The largest absolute Gasteiger partial charge is 0.459 e. The molecule has 0 radical (unpaired) electrons. The van der Waals surface area contributed by atoms with E-state index in [0.717, 1.165) is 31.2 Å². The van der Waals surface area contributed by atoms with Crippen molar-refractivity contribution in [1.82, 2.24) is 0 Å². The molecular weight excluding hydrogens is 290 g/mol. The Kier molecular flexibility index (Phi) is 5.00. The van der Waals surface area contributed by atoms with Crippen molar-refractivity contribution in [2.24, 2.45) is 5.14 Å². The second-order valence-electron chi connectivity index (χ2n) is 5.38. The van der Waals surface area contributed by atoms with Crippen LogP contribution in [-0.2, 0) is 21.2 Å². The highest BCUT2D eigenvalue weighted by Crippen LogP contribution is 2.23. The number of aryl methyl sites for hydroxylation is 1. The first-order chi connectivity index (χ1) is 9.91. The van der Waals surface area contributed by atoms with Gasteiger partial charge in [-0.2, -0.15) is 0 Å². The molecule has 0 heterocycles. The Morgan fingerprint density at radius 2 is 1.95 bits per heavy atom. The third-order valence-corrected chi connectivity index (χ3v) is 4.75.